The van der Waals surface area contributed by atoms with Crippen LogP contribution in [0.3, 0.4) is 0 Å². The normalized spacial score (nSPS) is 9.47. The molecular weight excluding hydrogens is 200 g/mol. The van der Waals surface area contributed by atoms with Gasteiger partial charge < -0.3 is 20.4 Å². The Morgan fingerprint density at radius 2 is 1.80 bits per heavy atom. The summed E-state index contributed by atoms with van der Waals surface area (Å²) in [5.74, 6) is -1.53. The highest BCUT2D eigenvalue weighted by atomic mass is 16.3. The molecule has 0 aliphatic carbocycles. The molecule has 0 saturated heterocycles. The Balaban J connectivity index is 4.21. The van der Waals surface area contributed by atoms with Crippen LogP contribution in [0.4, 0.5) is 0 Å². The van der Waals surface area contributed by atoms with Gasteiger partial charge in [0.25, 0.3) is 0 Å². The molecule has 0 aliphatic rings. The Kier molecular flexibility index (Phi) is 7.21. The van der Waals surface area contributed by atoms with E-state index in [2.05, 4.69) is 11.9 Å². The highest BCUT2D eigenvalue weighted by Gasteiger charge is 2.19. The fraction of sp³-hybridized carbons (Fsp3) is 0.556. The van der Waals surface area contributed by atoms with E-state index in [0.29, 0.717) is 0 Å². The highest BCUT2D eigenvalue weighted by Crippen LogP contribution is 1.89. The Hall–Kier alpha value is -1.40. The van der Waals surface area contributed by atoms with Gasteiger partial charge in [-0.15, -0.1) is 6.58 Å². The first kappa shape index (κ1) is 13.6. The molecule has 0 aromatic heterocycles. The van der Waals surface area contributed by atoms with Gasteiger partial charge in [-0.1, -0.05) is 6.08 Å². The average molecular weight is 216 g/mol. The van der Waals surface area contributed by atoms with Crippen LogP contribution in [0, 0.1) is 0 Å². The van der Waals surface area contributed by atoms with Gasteiger partial charge in [-0.05, 0) is 0 Å². The van der Waals surface area contributed by atoms with Crippen molar-refractivity contribution in [1.82, 2.24) is 10.2 Å². The Morgan fingerprint density at radius 1 is 1.27 bits per heavy atom. The molecule has 3 N–H and O–H groups in total. The van der Waals surface area contributed by atoms with Gasteiger partial charge in [0.1, 0.15) is 0 Å². The minimum absolute atomic E-state index is 0.0287. The smallest absolute Gasteiger partial charge is 0.312 e. The van der Waals surface area contributed by atoms with Crippen LogP contribution in [0.2, 0.25) is 0 Å². The summed E-state index contributed by atoms with van der Waals surface area (Å²) in [5, 5.41) is 19.6. The first-order valence-electron chi connectivity index (χ1n) is 4.57. The predicted molar refractivity (Wildman–Crippen MR) is 54.0 cm³/mol. The second-order valence-corrected chi connectivity index (χ2v) is 2.74. The Bertz CT molecular complexity index is 224. The van der Waals surface area contributed by atoms with E-state index in [-0.39, 0.29) is 32.8 Å². The molecule has 15 heavy (non-hydrogen) atoms. The zero-order valence-electron chi connectivity index (χ0n) is 8.48. The van der Waals surface area contributed by atoms with E-state index in [1.165, 1.54) is 6.08 Å². The van der Waals surface area contributed by atoms with E-state index < -0.39 is 11.8 Å². The SMILES string of the molecule is C=CCNC(=O)C(=O)N(CCO)CCO. The first-order valence-corrected chi connectivity index (χ1v) is 4.57. The summed E-state index contributed by atoms with van der Waals surface area (Å²) >= 11 is 0. The van der Waals surface area contributed by atoms with Crippen LogP contribution in [-0.4, -0.2) is 59.8 Å². The number of nitrogens with zero attached hydrogens (tertiary/aromatic N) is 1. The lowest BCUT2D eigenvalue weighted by atomic mass is 10.4. The van der Waals surface area contributed by atoms with Gasteiger partial charge >= 0.3 is 11.8 Å². The molecule has 6 heteroatoms. The molecule has 0 radical (unpaired) electrons. The maximum Gasteiger partial charge on any atom is 0.312 e. The number of rotatable bonds is 6. The lowest BCUT2D eigenvalue weighted by Gasteiger charge is -2.19. The fourth-order valence-electron chi connectivity index (χ4n) is 0.940. The van der Waals surface area contributed by atoms with Crippen molar-refractivity contribution < 1.29 is 19.8 Å². The van der Waals surface area contributed by atoms with Crippen LogP contribution in [0.25, 0.3) is 0 Å². The molecular formula is C9H16N2O4. The topological polar surface area (TPSA) is 89.9 Å². The fourth-order valence-corrected chi connectivity index (χ4v) is 0.940. The second kappa shape index (κ2) is 7.95. The summed E-state index contributed by atoms with van der Waals surface area (Å²) in [6.45, 7) is 3.15. The molecule has 0 fully saturated rings. The van der Waals surface area contributed by atoms with Crippen LogP contribution < -0.4 is 5.32 Å². The summed E-state index contributed by atoms with van der Waals surface area (Å²) in [7, 11) is 0. The van der Waals surface area contributed by atoms with Gasteiger partial charge in [0.05, 0.1) is 13.2 Å². The van der Waals surface area contributed by atoms with E-state index in [1.807, 2.05) is 0 Å². The van der Waals surface area contributed by atoms with Gasteiger partial charge in [-0.2, -0.15) is 0 Å². The molecule has 0 rings (SSSR count). The number of carbonyl (C=O) groups is 2. The van der Waals surface area contributed by atoms with Crippen molar-refractivity contribution in [3.63, 3.8) is 0 Å². The van der Waals surface area contributed by atoms with Crippen LogP contribution in [0.15, 0.2) is 12.7 Å². The van der Waals surface area contributed by atoms with E-state index in [4.69, 9.17) is 10.2 Å². The van der Waals surface area contributed by atoms with Crippen molar-refractivity contribution in [1.29, 1.82) is 0 Å². The molecule has 0 saturated carbocycles. The van der Waals surface area contributed by atoms with E-state index >= 15 is 0 Å². The third-order valence-corrected chi connectivity index (χ3v) is 1.63. The molecule has 0 aliphatic heterocycles. The molecule has 6 nitrogen and oxygen atoms in total. The molecule has 2 amide bonds. The quantitative estimate of drug-likeness (QED) is 0.357. The van der Waals surface area contributed by atoms with Gasteiger partial charge in [-0.25, -0.2) is 0 Å². The molecule has 0 aromatic carbocycles. The number of hydrogen-bond donors (Lipinski definition) is 3. The van der Waals surface area contributed by atoms with Gasteiger partial charge in [0.15, 0.2) is 0 Å². The largest absolute Gasteiger partial charge is 0.395 e. The predicted octanol–water partition coefficient (Wildman–Crippen LogP) is -1.90. The second-order valence-electron chi connectivity index (χ2n) is 2.74. The number of aliphatic hydroxyl groups excluding tert-OH is 2. The third kappa shape index (κ3) is 5.14. The maximum absolute atomic E-state index is 11.4. The number of nitrogens with one attached hydrogen (secondary N) is 1. The number of carbonyl (C=O) groups excluding carboxylic acids is 2. The van der Waals surface area contributed by atoms with Crippen LogP contribution >= 0.6 is 0 Å². The third-order valence-electron chi connectivity index (χ3n) is 1.63. The Morgan fingerprint density at radius 3 is 2.20 bits per heavy atom. The van der Waals surface area contributed by atoms with Crippen LogP contribution in [-0.2, 0) is 9.59 Å². The average Bonchev–Trinajstić information content (AvgIpc) is 2.24. The van der Waals surface area contributed by atoms with Crippen molar-refractivity contribution in [2.75, 3.05) is 32.8 Å². The highest BCUT2D eigenvalue weighted by molar-refractivity contribution is 6.35. The summed E-state index contributed by atoms with van der Waals surface area (Å²) < 4.78 is 0. The zero-order chi connectivity index (χ0) is 11.7. The van der Waals surface area contributed by atoms with E-state index in [1.54, 1.807) is 0 Å². The van der Waals surface area contributed by atoms with Crippen molar-refractivity contribution in [3.05, 3.63) is 12.7 Å². The minimum Gasteiger partial charge on any atom is -0.395 e. The lowest BCUT2D eigenvalue weighted by molar-refractivity contribution is -0.146. The molecule has 0 heterocycles. The van der Waals surface area contributed by atoms with Crippen molar-refractivity contribution in [2.45, 2.75) is 0 Å². The van der Waals surface area contributed by atoms with E-state index in [0.717, 1.165) is 4.90 Å². The van der Waals surface area contributed by atoms with Crippen LogP contribution in [0.5, 0.6) is 0 Å². The van der Waals surface area contributed by atoms with Gasteiger partial charge in [-0.3, -0.25) is 9.59 Å². The van der Waals surface area contributed by atoms with Gasteiger partial charge in [0.2, 0.25) is 0 Å². The molecule has 0 bridgehead atoms. The number of amides is 2. The Labute approximate surface area is 88.2 Å². The molecule has 0 spiro atoms. The summed E-state index contributed by atoms with van der Waals surface area (Å²) in [4.78, 5) is 23.6. The maximum atomic E-state index is 11.4. The standard InChI is InChI=1S/C9H16N2O4/c1-2-3-10-8(14)9(15)11(4-6-12)5-7-13/h2,12-13H,1,3-7H2,(H,10,14). The molecule has 0 unspecified atom stereocenters. The molecule has 0 aromatic rings. The van der Waals surface area contributed by atoms with E-state index in [9.17, 15) is 9.59 Å². The summed E-state index contributed by atoms with van der Waals surface area (Å²) in [6, 6.07) is 0. The summed E-state index contributed by atoms with van der Waals surface area (Å²) in [6.07, 6.45) is 1.45. The van der Waals surface area contributed by atoms with Crippen molar-refractivity contribution >= 4 is 11.8 Å². The minimum atomic E-state index is -0.767. The molecule has 0 atom stereocenters. The van der Waals surface area contributed by atoms with Crippen molar-refractivity contribution in [3.8, 4) is 0 Å². The number of aliphatic hydroxyl groups is 2. The molecule has 86 valence electrons. The van der Waals surface area contributed by atoms with Crippen molar-refractivity contribution in [2.24, 2.45) is 0 Å². The zero-order valence-corrected chi connectivity index (χ0v) is 8.48. The van der Waals surface area contributed by atoms with Gasteiger partial charge in [0, 0.05) is 19.6 Å². The monoisotopic (exact) mass is 216 g/mol. The number of hydrogen-bond acceptors (Lipinski definition) is 4. The summed E-state index contributed by atoms with van der Waals surface area (Å²) in [5.41, 5.74) is 0. The lowest BCUT2D eigenvalue weighted by Crippen LogP contribution is -2.45. The van der Waals surface area contributed by atoms with Crippen LogP contribution in [0.1, 0.15) is 0 Å². The first-order chi connectivity index (χ1) is 7.17.